The van der Waals surface area contributed by atoms with E-state index in [-0.39, 0.29) is 16.9 Å². The van der Waals surface area contributed by atoms with Crippen LogP contribution >= 0.6 is 0 Å². The number of carbonyl (C=O) groups is 1. The van der Waals surface area contributed by atoms with Crippen molar-refractivity contribution in [1.29, 1.82) is 0 Å². The van der Waals surface area contributed by atoms with E-state index in [9.17, 15) is 4.79 Å². The van der Waals surface area contributed by atoms with Crippen LogP contribution in [0.4, 0.5) is 17.1 Å². The summed E-state index contributed by atoms with van der Waals surface area (Å²) < 4.78 is 0. The molecule has 1 aromatic carbocycles. The van der Waals surface area contributed by atoms with Crippen molar-refractivity contribution in [3.05, 3.63) is 17.7 Å². The maximum atomic E-state index is 11.0. The summed E-state index contributed by atoms with van der Waals surface area (Å²) in [6.07, 6.45) is 0. The Morgan fingerprint density at radius 3 is 2.31 bits per heavy atom. The molecule has 0 saturated heterocycles. The molecule has 0 amide bonds. The van der Waals surface area contributed by atoms with Crippen molar-refractivity contribution in [3.8, 4) is 0 Å². The molecule has 0 aliphatic carbocycles. The summed E-state index contributed by atoms with van der Waals surface area (Å²) in [5.74, 6) is 3.94. The molecule has 0 aromatic heterocycles. The fourth-order valence-corrected chi connectivity index (χ4v) is 0.895. The van der Waals surface area contributed by atoms with Gasteiger partial charge in [0.25, 0.3) is 0 Å². The Morgan fingerprint density at radius 2 is 1.77 bits per heavy atom. The summed E-state index contributed by atoms with van der Waals surface area (Å²) in [6, 6.07) is 2.86. The second kappa shape index (κ2) is 3.20. The molecule has 0 aliphatic rings. The molecule has 1 rings (SSSR count). The Bertz CT molecular complexity index is 351. The predicted octanol–water partition coefficient (Wildman–Crippen LogP) is -0.536. The highest BCUT2D eigenvalue weighted by molar-refractivity contribution is 6.00. The van der Waals surface area contributed by atoms with Crippen LogP contribution in [-0.4, -0.2) is 5.97 Å². The van der Waals surface area contributed by atoms with Crippen molar-refractivity contribution < 1.29 is 9.63 Å². The molecule has 6 nitrogen and oxygen atoms in total. The van der Waals surface area contributed by atoms with Gasteiger partial charge in [-0.25, -0.2) is 4.79 Å². The van der Waals surface area contributed by atoms with Crippen LogP contribution in [0.1, 0.15) is 10.4 Å². The fourth-order valence-electron chi connectivity index (χ4n) is 0.895. The third-order valence-corrected chi connectivity index (χ3v) is 1.65. The van der Waals surface area contributed by atoms with Crippen LogP contribution in [0.5, 0.6) is 0 Å². The minimum atomic E-state index is -0.746. The molecule has 0 atom stereocenters. The van der Waals surface area contributed by atoms with Crippen molar-refractivity contribution >= 4 is 23.0 Å². The highest BCUT2D eigenvalue weighted by Gasteiger charge is 2.13. The maximum absolute atomic E-state index is 11.0. The molecule has 0 bridgehead atoms. The smallest absolute Gasteiger partial charge is 0.358 e. The molecule has 70 valence electrons. The first-order valence-corrected chi connectivity index (χ1v) is 3.42. The van der Waals surface area contributed by atoms with Gasteiger partial charge in [-0.3, -0.25) is 0 Å². The number of hydrogen-bond donors (Lipinski definition) is 4. The van der Waals surface area contributed by atoms with E-state index < -0.39 is 5.97 Å². The lowest BCUT2D eigenvalue weighted by atomic mass is 10.1. The molecule has 0 fully saturated rings. The average molecular weight is 182 g/mol. The summed E-state index contributed by atoms with van der Waals surface area (Å²) >= 11 is 0. The average Bonchev–Trinajstić information content (AvgIpc) is 2.13. The first-order valence-electron chi connectivity index (χ1n) is 3.42. The Kier molecular flexibility index (Phi) is 2.25. The molecule has 0 unspecified atom stereocenters. The standard InChI is InChI=1S/C7H10N4O2/c8-4-2-1-3(7(12)13-11)5(9)6(4)10/h1-2H,8-11H2. The number of carbonyl (C=O) groups excluding carboxylic acids is 1. The lowest BCUT2D eigenvalue weighted by Crippen LogP contribution is -2.14. The Balaban J connectivity index is 3.26. The van der Waals surface area contributed by atoms with Gasteiger partial charge in [0, 0.05) is 0 Å². The predicted molar refractivity (Wildman–Crippen MR) is 49.3 cm³/mol. The quantitative estimate of drug-likeness (QED) is 0.341. The Labute approximate surface area is 74.4 Å². The molecule has 13 heavy (non-hydrogen) atoms. The molecule has 0 radical (unpaired) electrons. The summed E-state index contributed by atoms with van der Waals surface area (Å²) in [6.45, 7) is 0. The second-order valence-electron chi connectivity index (χ2n) is 2.44. The Morgan fingerprint density at radius 1 is 1.15 bits per heavy atom. The zero-order valence-electron chi connectivity index (χ0n) is 6.78. The van der Waals surface area contributed by atoms with E-state index in [0.717, 1.165) is 0 Å². The minimum absolute atomic E-state index is 0.0791. The Hall–Kier alpha value is -1.95. The van der Waals surface area contributed by atoms with Crippen molar-refractivity contribution in [3.63, 3.8) is 0 Å². The van der Waals surface area contributed by atoms with Gasteiger partial charge in [-0.15, -0.1) is 0 Å². The van der Waals surface area contributed by atoms with Crippen molar-refractivity contribution in [2.45, 2.75) is 0 Å². The van der Waals surface area contributed by atoms with Crippen molar-refractivity contribution in [1.82, 2.24) is 0 Å². The SMILES string of the molecule is NOC(=O)c1ccc(N)c(N)c1N. The summed E-state index contributed by atoms with van der Waals surface area (Å²) in [5, 5.41) is 0. The monoisotopic (exact) mass is 182 g/mol. The van der Waals surface area contributed by atoms with Crippen LogP contribution < -0.4 is 23.1 Å². The van der Waals surface area contributed by atoms with Gasteiger partial charge in [-0.1, -0.05) is 0 Å². The van der Waals surface area contributed by atoms with Gasteiger partial charge >= 0.3 is 5.97 Å². The number of nitrogen functional groups attached to an aromatic ring is 3. The van der Waals surface area contributed by atoms with Gasteiger partial charge in [-0.05, 0) is 12.1 Å². The van der Waals surface area contributed by atoms with Crippen LogP contribution in [0.25, 0.3) is 0 Å². The largest absolute Gasteiger partial charge is 0.397 e. The molecule has 0 heterocycles. The van der Waals surface area contributed by atoms with Gasteiger partial charge in [0.1, 0.15) is 0 Å². The van der Waals surface area contributed by atoms with E-state index in [4.69, 9.17) is 17.2 Å². The molecule has 1 aromatic rings. The fraction of sp³-hybridized carbons (Fsp3) is 0. The van der Waals surface area contributed by atoms with Crippen molar-refractivity contribution in [2.24, 2.45) is 5.90 Å². The van der Waals surface area contributed by atoms with Crippen LogP contribution in [0, 0.1) is 0 Å². The topological polar surface area (TPSA) is 130 Å². The number of hydrogen-bond acceptors (Lipinski definition) is 6. The summed E-state index contributed by atoms with van der Waals surface area (Å²) in [4.78, 5) is 15.0. The molecule has 0 saturated carbocycles. The van der Waals surface area contributed by atoms with E-state index in [1.807, 2.05) is 0 Å². The van der Waals surface area contributed by atoms with E-state index in [1.54, 1.807) is 0 Å². The highest BCUT2D eigenvalue weighted by atomic mass is 16.7. The third kappa shape index (κ3) is 1.47. The van der Waals surface area contributed by atoms with Gasteiger partial charge in [0.15, 0.2) is 0 Å². The molecular formula is C7H10N4O2. The summed E-state index contributed by atoms with van der Waals surface area (Å²) in [7, 11) is 0. The lowest BCUT2D eigenvalue weighted by molar-refractivity contribution is 0.0505. The van der Waals surface area contributed by atoms with Crippen molar-refractivity contribution in [2.75, 3.05) is 17.2 Å². The van der Waals surface area contributed by atoms with Gasteiger partial charge in [0.2, 0.25) is 0 Å². The zero-order valence-corrected chi connectivity index (χ0v) is 6.78. The minimum Gasteiger partial charge on any atom is -0.397 e. The van der Waals surface area contributed by atoms with Gasteiger partial charge in [-0.2, -0.15) is 5.90 Å². The van der Waals surface area contributed by atoms with Crippen LogP contribution in [-0.2, 0) is 4.84 Å². The lowest BCUT2D eigenvalue weighted by Gasteiger charge is -2.07. The number of nitrogens with two attached hydrogens (primary N) is 4. The first-order chi connectivity index (χ1) is 6.07. The number of anilines is 3. The molecule has 0 spiro atoms. The van der Waals surface area contributed by atoms with E-state index in [1.165, 1.54) is 12.1 Å². The maximum Gasteiger partial charge on any atom is 0.358 e. The third-order valence-electron chi connectivity index (χ3n) is 1.65. The number of rotatable bonds is 1. The molecule has 6 heteroatoms. The van der Waals surface area contributed by atoms with E-state index in [0.29, 0.717) is 5.69 Å². The zero-order chi connectivity index (χ0) is 10.0. The van der Waals surface area contributed by atoms with Crippen LogP contribution in [0.3, 0.4) is 0 Å². The summed E-state index contributed by atoms with van der Waals surface area (Å²) in [5.41, 5.74) is 17.1. The van der Waals surface area contributed by atoms with Crippen LogP contribution in [0.2, 0.25) is 0 Å². The van der Waals surface area contributed by atoms with Gasteiger partial charge < -0.3 is 22.0 Å². The normalized spacial score (nSPS) is 9.62. The molecule has 0 aliphatic heterocycles. The van der Waals surface area contributed by atoms with Crippen LogP contribution in [0.15, 0.2) is 12.1 Å². The number of benzene rings is 1. The molecular weight excluding hydrogens is 172 g/mol. The molecule has 8 N–H and O–H groups in total. The van der Waals surface area contributed by atoms with Gasteiger partial charge in [0.05, 0.1) is 22.6 Å². The second-order valence-corrected chi connectivity index (χ2v) is 2.44. The highest BCUT2D eigenvalue weighted by Crippen LogP contribution is 2.26. The van der Waals surface area contributed by atoms with E-state index >= 15 is 0 Å². The van der Waals surface area contributed by atoms with E-state index in [2.05, 4.69) is 10.7 Å². The first kappa shape index (κ1) is 9.14.